The van der Waals surface area contributed by atoms with Gasteiger partial charge in [0.05, 0.1) is 11.1 Å². The van der Waals surface area contributed by atoms with Crippen molar-refractivity contribution in [2.24, 2.45) is 0 Å². The van der Waals surface area contributed by atoms with E-state index < -0.39 is 5.95 Å². The molecule has 25 heavy (non-hydrogen) atoms. The van der Waals surface area contributed by atoms with Gasteiger partial charge in [-0.3, -0.25) is 9.78 Å². The highest BCUT2D eigenvalue weighted by atomic mass is 19.1. The molecule has 0 spiro atoms. The molecular formula is C20H20FN3O. The molecule has 2 aromatic heterocycles. The molecule has 1 amide bonds. The molecule has 2 heterocycles. The molecule has 5 heteroatoms. The first-order valence-electron chi connectivity index (χ1n) is 8.05. The Hall–Kier alpha value is -2.82. The summed E-state index contributed by atoms with van der Waals surface area (Å²) in [7, 11) is 1.68. The molecule has 0 atom stereocenters. The van der Waals surface area contributed by atoms with Crippen LogP contribution < -0.4 is 4.90 Å². The van der Waals surface area contributed by atoms with Crippen LogP contribution in [0.25, 0.3) is 10.9 Å². The quantitative estimate of drug-likeness (QED) is 0.653. The third-order valence-electron chi connectivity index (χ3n) is 4.20. The standard InChI is InChI=1S/C20H20FN3O/c1-20(2,3)15-9-13-5-7-16(10-17(13)22-12-15)24(4)19(25)14-6-8-18(21)23-11-14/h5-12H,1-4H3. The number of halogens is 1. The Labute approximate surface area is 146 Å². The second-order valence-corrected chi connectivity index (χ2v) is 7.08. The first kappa shape index (κ1) is 17.0. The summed E-state index contributed by atoms with van der Waals surface area (Å²) in [4.78, 5) is 22.1. The van der Waals surface area contributed by atoms with E-state index in [1.54, 1.807) is 7.05 Å². The van der Waals surface area contributed by atoms with Gasteiger partial charge < -0.3 is 4.90 Å². The summed E-state index contributed by atoms with van der Waals surface area (Å²) < 4.78 is 12.9. The van der Waals surface area contributed by atoms with Gasteiger partial charge in [-0.2, -0.15) is 4.39 Å². The number of nitrogens with zero attached hydrogens (tertiary/aromatic N) is 3. The molecule has 0 unspecified atom stereocenters. The zero-order valence-electron chi connectivity index (χ0n) is 14.7. The van der Waals surface area contributed by atoms with Crippen molar-refractivity contribution >= 4 is 22.5 Å². The van der Waals surface area contributed by atoms with Crippen molar-refractivity contribution < 1.29 is 9.18 Å². The molecule has 0 aliphatic rings. The second kappa shape index (κ2) is 6.24. The predicted molar refractivity (Wildman–Crippen MR) is 97.4 cm³/mol. The van der Waals surface area contributed by atoms with Crippen LogP contribution in [0.4, 0.5) is 10.1 Å². The van der Waals surface area contributed by atoms with Gasteiger partial charge >= 0.3 is 0 Å². The van der Waals surface area contributed by atoms with Crippen molar-refractivity contribution in [1.82, 2.24) is 9.97 Å². The molecule has 0 saturated heterocycles. The van der Waals surface area contributed by atoms with E-state index in [4.69, 9.17) is 0 Å². The fourth-order valence-corrected chi connectivity index (χ4v) is 2.54. The maximum Gasteiger partial charge on any atom is 0.259 e. The number of hydrogen-bond donors (Lipinski definition) is 0. The lowest BCUT2D eigenvalue weighted by Crippen LogP contribution is -2.26. The zero-order chi connectivity index (χ0) is 18.2. The Balaban J connectivity index is 1.93. The molecule has 3 aromatic rings. The van der Waals surface area contributed by atoms with Crippen LogP contribution >= 0.6 is 0 Å². The molecule has 4 nitrogen and oxygen atoms in total. The molecular weight excluding hydrogens is 317 g/mol. The van der Waals surface area contributed by atoms with Crippen molar-refractivity contribution in [3.05, 3.63) is 65.9 Å². The van der Waals surface area contributed by atoms with Gasteiger partial charge in [0.1, 0.15) is 0 Å². The largest absolute Gasteiger partial charge is 0.311 e. The number of pyridine rings is 2. The van der Waals surface area contributed by atoms with E-state index in [0.717, 1.165) is 22.2 Å². The molecule has 3 rings (SSSR count). The van der Waals surface area contributed by atoms with Crippen LogP contribution in [0.15, 0.2) is 48.8 Å². The number of fused-ring (bicyclic) bond motifs is 1. The minimum Gasteiger partial charge on any atom is -0.311 e. The predicted octanol–water partition coefficient (Wildman–Crippen LogP) is 4.34. The highest BCUT2D eigenvalue weighted by Gasteiger charge is 2.17. The van der Waals surface area contributed by atoms with E-state index >= 15 is 0 Å². The Morgan fingerprint density at radius 2 is 1.80 bits per heavy atom. The number of benzene rings is 1. The normalized spacial score (nSPS) is 11.6. The third kappa shape index (κ3) is 3.50. The summed E-state index contributed by atoms with van der Waals surface area (Å²) in [6.45, 7) is 6.44. The fourth-order valence-electron chi connectivity index (χ4n) is 2.54. The molecule has 0 bridgehead atoms. The van der Waals surface area contributed by atoms with Crippen LogP contribution in [0.2, 0.25) is 0 Å². The molecule has 0 fully saturated rings. The summed E-state index contributed by atoms with van der Waals surface area (Å²) in [6.07, 6.45) is 3.11. The van der Waals surface area contributed by atoms with E-state index in [-0.39, 0.29) is 11.3 Å². The zero-order valence-corrected chi connectivity index (χ0v) is 14.7. The van der Waals surface area contributed by atoms with Crippen LogP contribution in [0.3, 0.4) is 0 Å². The van der Waals surface area contributed by atoms with E-state index in [1.807, 2.05) is 24.4 Å². The average molecular weight is 337 g/mol. The van der Waals surface area contributed by atoms with Crippen LogP contribution in [0.1, 0.15) is 36.7 Å². The minimum absolute atomic E-state index is 0.0300. The number of rotatable bonds is 2. The number of carbonyl (C=O) groups is 1. The minimum atomic E-state index is -0.608. The van der Waals surface area contributed by atoms with Gasteiger partial charge in [-0.05, 0) is 41.3 Å². The van der Waals surface area contributed by atoms with Crippen molar-refractivity contribution in [3.8, 4) is 0 Å². The van der Waals surface area contributed by atoms with E-state index in [1.165, 1.54) is 23.2 Å². The summed E-state index contributed by atoms with van der Waals surface area (Å²) in [5, 5.41) is 1.03. The number of carbonyl (C=O) groups excluding carboxylic acids is 1. The van der Waals surface area contributed by atoms with Gasteiger partial charge in [-0.1, -0.05) is 26.8 Å². The summed E-state index contributed by atoms with van der Waals surface area (Å²) in [6, 6.07) is 10.4. The highest BCUT2D eigenvalue weighted by Crippen LogP contribution is 2.27. The molecule has 0 radical (unpaired) electrons. The average Bonchev–Trinajstić information content (AvgIpc) is 2.59. The van der Waals surface area contributed by atoms with Crippen LogP contribution in [-0.4, -0.2) is 22.9 Å². The molecule has 0 aliphatic carbocycles. The SMILES string of the molecule is CN(C(=O)c1ccc(F)nc1)c1ccc2cc(C(C)(C)C)cnc2c1. The second-order valence-electron chi connectivity index (χ2n) is 7.08. The van der Waals surface area contributed by atoms with Crippen LogP contribution in [0.5, 0.6) is 0 Å². The third-order valence-corrected chi connectivity index (χ3v) is 4.20. The number of hydrogen-bond acceptors (Lipinski definition) is 3. The van der Waals surface area contributed by atoms with Gasteiger partial charge in [-0.15, -0.1) is 0 Å². The lowest BCUT2D eigenvalue weighted by atomic mass is 9.87. The number of aromatic nitrogens is 2. The van der Waals surface area contributed by atoms with Gasteiger partial charge in [0, 0.05) is 30.5 Å². The van der Waals surface area contributed by atoms with Crippen molar-refractivity contribution in [1.29, 1.82) is 0 Å². The van der Waals surface area contributed by atoms with E-state index in [0.29, 0.717) is 5.56 Å². The Morgan fingerprint density at radius 3 is 2.44 bits per heavy atom. The van der Waals surface area contributed by atoms with E-state index in [9.17, 15) is 9.18 Å². The van der Waals surface area contributed by atoms with E-state index in [2.05, 4.69) is 36.8 Å². The monoisotopic (exact) mass is 337 g/mol. The Bertz CT molecular complexity index is 930. The topological polar surface area (TPSA) is 46.1 Å². The molecule has 128 valence electrons. The van der Waals surface area contributed by atoms with Gasteiger partial charge in [0.25, 0.3) is 5.91 Å². The number of anilines is 1. The van der Waals surface area contributed by atoms with Gasteiger partial charge in [0.2, 0.25) is 5.95 Å². The first-order chi connectivity index (χ1) is 11.8. The summed E-state index contributed by atoms with van der Waals surface area (Å²) in [5.74, 6) is -0.859. The van der Waals surface area contributed by atoms with Crippen molar-refractivity contribution in [2.45, 2.75) is 26.2 Å². The van der Waals surface area contributed by atoms with Gasteiger partial charge in [-0.25, -0.2) is 4.98 Å². The van der Waals surface area contributed by atoms with Gasteiger partial charge in [0.15, 0.2) is 0 Å². The lowest BCUT2D eigenvalue weighted by Gasteiger charge is -2.20. The Morgan fingerprint density at radius 1 is 1.04 bits per heavy atom. The fraction of sp³-hybridized carbons (Fsp3) is 0.250. The molecule has 0 saturated carbocycles. The maximum absolute atomic E-state index is 12.9. The molecule has 1 aromatic carbocycles. The highest BCUT2D eigenvalue weighted by molar-refractivity contribution is 6.06. The maximum atomic E-state index is 12.9. The number of amides is 1. The molecule has 0 aliphatic heterocycles. The first-order valence-corrected chi connectivity index (χ1v) is 8.05. The van der Waals surface area contributed by atoms with Crippen molar-refractivity contribution in [3.63, 3.8) is 0 Å². The van der Waals surface area contributed by atoms with Crippen molar-refractivity contribution in [2.75, 3.05) is 11.9 Å². The van der Waals surface area contributed by atoms with Crippen LogP contribution in [-0.2, 0) is 5.41 Å². The lowest BCUT2D eigenvalue weighted by molar-refractivity contribution is 0.0992. The molecule has 0 N–H and O–H groups in total. The smallest absolute Gasteiger partial charge is 0.259 e. The Kier molecular flexibility index (Phi) is 4.25. The summed E-state index contributed by atoms with van der Waals surface area (Å²) in [5.41, 5.74) is 3.07. The van der Waals surface area contributed by atoms with Crippen LogP contribution in [0, 0.1) is 5.95 Å². The summed E-state index contributed by atoms with van der Waals surface area (Å²) >= 11 is 0.